The molecule has 0 N–H and O–H groups in total. The Labute approximate surface area is 171 Å². The fourth-order valence-corrected chi connectivity index (χ4v) is 7.82. The summed E-state index contributed by atoms with van der Waals surface area (Å²) in [6, 6.07) is 19.3. The summed E-state index contributed by atoms with van der Waals surface area (Å²) in [5.74, 6) is 0.731. The molecule has 2 unspecified atom stereocenters. The second-order valence-electron chi connectivity index (χ2n) is 8.73. The highest BCUT2D eigenvalue weighted by molar-refractivity contribution is 7.19. The molecule has 28 heavy (non-hydrogen) atoms. The number of rotatable bonds is 0. The number of para-hydroxylation sites is 1. The van der Waals surface area contributed by atoms with Crippen LogP contribution in [0.25, 0.3) is 32.0 Å². The van der Waals surface area contributed by atoms with E-state index in [4.69, 9.17) is 16.0 Å². The van der Waals surface area contributed by atoms with E-state index >= 15 is 0 Å². The van der Waals surface area contributed by atoms with Crippen molar-refractivity contribution in [1.82, 2.24) is 0 Å². The third kappa shape index (κ3) is 1.59. The first-order valence-electron chi connectivity index (χ1n) is 9.72. The predicted molar refractivity (Wildman–Crippen MR) is 118 cm³/mol. The van der Waals surface area contributed by atoms with E-state index in [-0.39, 0.29) is 5.41 Å². The summed E-state index contributed by atoms with van der Waals surface area (Å²) >= 11 is 8.80. The molecule has 0 fully saturated rings. The molecule has 0 amide bonds. The van der Waals surface area contributed by atoms with Crippen LogP contribution in [0.5, 0.6) is 0 Å². The van der Waals surface area contributed by atoms with Crippen molar-refractivity contribution < 1.29 is 4.42 Å². The number of benzene rings is 3. The van der Waals surface area contributed by atoms with E-state index in [1.807, 2.05) is 23.5 Å². The van der Waals surface area contributed by atoms with Crippen LogP contribution in [0.2, 0.25) is 5.02 Å². The Hall–Kier alpha value is -2.29. The highest BCUT2D eigenvalue weighted by atomic mass is 35.5. The van der Waals surface area contributed by atoms with Gasteiger partial charge in [-0.25, -0.2) is 0 Å². The molecule has 5 aromatic rings. The minimum atomic E-state index is 0.129. The third-order valence-electron chi connectivity index (χ3n) is 6.97. The summed E-state index contributed by atoms with van der Waals surface area (Å²) in [7, 11) is 0. The maximum Gasteiger partial charge on any atom is 0.141 e. The first-order valence-corrected chi connectivity index (χ1v) is 10.9. The molecule has 136 valence electrons. The van der Waals surface area contributed by atoms with Crippen LogP contribution in [0.1, 0.15) is 47.3 Å². The van der Waals surface area contributed by atoms with Crippen molar-refractivity contribution in [3.63, 3.8) is 0 Å². The van der Waals surface area contributed by atoms with Crippen molar-refractivity contribution in [2.45, 2.75) is 25.7 Å². The fraction of sp³-hybridized carbons (Fsp3) is 0.200. The standard InChI is InChI=1S/C25H17ClOS/c1-25(2)21-14-11-15(26)18-12-7-3-5-9-16(12)27-23(18)19(14)22(25)20-13-8-4-6-10-17(13)28-24(20)21/h3-11,21-22H,1-2H3. The van der Waals surface area contributed by atoms with Crippen molar-refractivity contribution in [1.29, 1.82) is 0 Å². The zero-order valence-corrected chi connectivity index (χ0v) is 17.1. The maximum absolute atomic E-state index is 6.84. The molecule has 2 aliphatic rings. The highest BCUT2D eigenvalue weighted by Gasteiger charge is 2.57. The molecule has 7 rings (SSSR count). The molecule has 0 aliphatic heterocycles. The lowest BCUT2D eigenvalue weighted by molar-refractivity contribution is 0.342. The minimum absolute atomic E-state index is 0.129. The van der Waals surface area contributed by atoms with Gasteiger partial charge in [0.05, 0.1) is 5.02 Å². The summed E-state index contributed by atoms with van der Waals surface area (Å²) in [5, 5.41) is 4.40. The van der Waals surface area contributed by atoms with Crippen LogP contribution < -0.4 is 0 Å². The number of hydrogen-bond donors (Lipinski definition) is 0. The van der Waals surface area contributed by atoms with Crippen LogP contribution in [-0.4, -0.2) is 0 Å². The Bertz CT molecular complexity index is 1470. The van der Waals surface area contributed by atoms with Crippen molar-refractivity contribution >= 4 is 55.0 Å². The van der Waals surface area contributed by atoms with Crippen LogP contribution in [0.15, 0.2) is 59.0 Å². The first-order chi connectivity index (χ1) is 13.6. The van der Waals surface area contributed by atoms with E-state index in [1.165, 1.54) is 31.7 Å². The van der Waals surface area contributed by atoms with Crippen molar-refractivity contribution in [2.24, 2.45) is 5.41 Å². The molecule has 0 spiro atoms. The normalized spacial score (nSPS) is 21.7. The van der Waals surface area contributed by atoms with Gasteiger partial charge in [-0.2, -0.15) is 0 Å². The zero-order chi connectivity index (χ0) is 18.8. The number of hydrogen-bond acceptors (Lipinski definition) is 2. The second kappa shape index (κ2) is 4.82. The van der Waals surface area contributed by atoms with E-state index in [1.54, 1.807) is 0 Å². The van der Waals surface area contributed by atoms with Crippen molar-refractivity contribution in [3.05, 3.63) is 81.2 Å². The number of thiophene rings is 1. The van der Waals surface area contributed by atoms with Gasteiger partial charge in [-0.1, -0.05) is 61.8 Å². The van der Waals surface area contributed by atoms with Crippen molar-refractivity contribution in [3.8, 4) is 0 Å². The lowest BCUT2D eigenvalue weighted by Crippen LogP contribution is -2.16. The molecular weight excluding hydrogens is 384 g/mol. The van der Waals surface area contributed by atoms with E-state index in [0.29, 0.717) is 11.8 Å². The van der Waals surface area contributed by atoms with Gasteiger partial charge in [-0.3, -0.25) is 0 Å². The van der Waals surface area contributed by atoms with Crippen LogP contribution in [0.4, 0.5) is 0 Å². The molecule has 2 heterocycles. The molecule has 1 nitrogen and oxygen atoms in total. The smallest absolute Gasteiger partial charge is 0.141 e. The lowest BCUT2D eigenvalue weighted by atomic mass is 9.78. The predicted octanol–water partition coefficient (Wildman–Crippen LogP) is 8.07. The molecule has 2 bridgehead atoms. The Morgan fingerprint density at radius 1 is 0.929 bits per heavy atom. The summed E-state index contributed by atoms with van der Waals surface area (Å²) in [5.41, 5.74) is 6.29. The fourth-order valence-electron chi connectivity index (χ4n) is 5.96. The van der Waals surface area contributed by atoms with Gasteiger partial charge in [0.25, 0.3) is 0 Å². The van der Waals surface area contributed by atoms with Gasteiger partial charge in [0, 0.05) is 37.7 Å². The van der Waals surface area contributed by atoms with Gasteiger partial charge in [0.2, 0.25) is 0 Å². The average Bonchev–Trinajstić information content (AvgIpc) is 3.35. The van der Waals surface area contributed by atoms with E-state index in [0.717, 1.165) is 27.0 Å². The molecule has 0 saturated heterocycles. The molecule has 0 radical (unpaired) electrons. The number of halogens is 1. The molecule has 2 aromatic heterocycles. The van der Waals surface area contributed by atoms with Crippen LogP contribution in [0.3, 0.4) is 0 Å². The average molecular weight is 401 g/mol. The van der Waals surface area contributed by atoms with E-state index in [2.05, 4.69) is 56.3 Å². The van der Waals surface area contributed by atoms with Gasteiger partial charge >= 0.3 is 0 Å². The Morgan fingerprint density at radius 3 is 2.54 bits per heavy atom. The van der Waals surface area contributed by atoms with Crippen molar-refractivity contribution in [2.75, 3.05) is 0 Å². The maximum atomic E-state index is 6.84. The van der Waals surface area contributed by atoms with Gasteiger partial charge in [0.1, 0.15) is 11.2 Å². The largest absolute Gasteiger partial charge is 0.456 e. The molecule has 3 aromatic carbocycles. The molecule has 2 aliphatic carbocycles. The van der Waals surface area contributed by atoms with Gasteiger partial charge in [0.15, 0.2) is 0 Å². The Kier molecular flexibility index (Phi) is 2.68. The minimum Gasteiger partial charge on any atom is -0.456 e. The SMILES string of the molecule is CC1(C)C2c3cc(Cl)c4c(oc5ccccc54)c3C1c1c2sc2ccccc12. The Balaban J connectivity index is 1.66. The van der Waals surface area contributed by atoms with E-state index < -0.39 is 0 Å². The highest BCUT2D eigenvalue weighted by Crippen LogP contribution is 2.71. The molecular formula is C25H17ClOS. The lowest BCUT2D eigenvalue weighted by Gasteiger charge is -2.25. The Morgan fingerprint density at radius 2 is 1.68 bits per heavy atom. The van der Waals surface area contributed by atoms with Crippen LogP contribution in [-0.2, 0) is 0 Å². The van der Waals surface area contributed by atoms with Gasteiger partial charge < -0.3 is 4.42 Å². The molecule has 3 heteroatoms. The van der Waals surface area contributed by atoms with Gasteiger partial charge in [-0.15, -0.1) is 11.3 Å². The monoisotopic (exact) mass is 400 g/mol. The third-order valence-corrected chi connectivity index (χ3v) is 8.52. The molecule has 2 atom stereocenters. The second-order valence-corrected chi connectivity index (χ2v) is 10.2. The topological polar surface area (TPSA) is 13.1 Å². The quantitative estimate of drug-likeness (QED) is 0.256. The number of furan rings is 1. The zero-order valence-electron chi connectivity index (χ0n) is 15.5. The van der Waals surface area contributed by atoms with Gasteiger partial charge in [-0.05, 0) is 40.1 Å². The van der Waals surface area contributed by atoms with Crippen LogP contribution in [0, 0.1) is 5.41 Å². The van der Waals surface area contributed by atoms with Crippen LogP contribution >= 0.6 is 22.9 Å². The summed E-state index contributed by atoms with van der Waals surface area (Å²) in [6.07, 6.45) is 0. The number of fused-ring (bicyclic) bond motifs is 14. The molecule has 0 saturated carbocycles. The summed E-state index contributed by atoms with van der Waals surface area (Å²) in [6.45, 7) is 4.82. The summed E-state index contributed by atoms with van der Waals surface area (Å²) < 4.78 is 7.83. The first kappa shape index (κ1) is 15.6. The summed E-state index contributed by atoms with van der Waals surface area (Å²) in [4.78, 5) is 1.52. The van der Waals surface area contributed by atoms with E-state index in [9.17, 15) is 0 Å².